The van der Waals surface area contributed by atoms with Crippen LogP contribution in [0.15, 0.2) is 24.4 Å². The van der Waals surface area contributed by atoms with Gasteiger partial charge in [-0.1, -0.05) is 13.8 Å². The van der Waals surface area contributed by atoms with Gasteiger partial charge < -0.3 is 15.6 Å². The number of fused-ring (bicyclic) bond motifs is 1. The number of H-pyrrole nitrogens is 1. The third kappa shape index (κ3) is 2.43. The number of hydrogen-bond donors (Lipinski definition) is 2. The number of carbonyl (C=O) groups is 1. The molecule has 0 aliphatic rings. The summed E-state index contributed by atoms with van der Waals surface area (Å²) >= 11 is 0. The van der Waals surface area contributed by atoms with E-state index in [2.05, 4.69) is 25.8 Å². The average Bonchev–Trinajstić information content (AvgIpc) is 2.78. The van der Waals surface area contributed by atoms with Gasteiger partial charge in [0.2, 0.25) is 0 Å². The first kappa shape index (κ1) is 13.5. The number of anilines is 1. The van der Waals surface area contributed by atoms with Crippen molar-refractivity contribution >= 4 is 22.5 Å². The van der Waals surface area contributed by atoms with Gasteiger partial charge in [-0.15, -0.1) is 0 Å². The Bertz CT molecular complexity index is 600. The maximum Gasteiger partial charge on any atom is 0.256 e. The van der Waals surface area contributed by atoms with Gasteiger partial charge in [-0.05, 0) is 31.0 Å². The molecule has 0 radical (unpaired) electrons. The Morgan fingerprint density at radius 2 is 2.00 bits per heavy atom. The summed E-state index contributed by atoms with van der Waals surface area (Å²) in [6.45, 7) is 6.30. The third-order valence-electron chi connectivity index (χ3n) is 3.83. The van der Waals surface area contributed by atoms with Gasteiger partial charge in [-0.25, -0.2) is 0 Å². The number of aromatic nitrogens is 1. The lowest BCUT2D eigenvalue weighted by Gasteiger charge is -2.27. The highest BCUT2D eigenvalue weighted by atomic mass is 16.2. The largest absolute Gasteiger partial charge is 0.399 e. The van der Waals surface area contributed by atoms with Crippen molar-refractivity contribution in [2.75, 3.05) is 12.8 Å². The van der Waals surface area contributed by atoms with E-state index in [0.29, 0.717) is 17.2 Å². The summed E-state index contributed by atoms with van der Waals surface area (Å²) in [5.41, 5.74) is 8.03. The Balaban J connectivity index is 2.37. The zero-order valence-corrected chi connectivity index (χ0v) is 11.9. The molecule has 4 nitrogen and oxygen atoms in total. The monoisotopic (exact) mass is 259 g/mol. The van der Waals surface area contributed by atoms with Crippen molar-refractivity contribution in [3.63, 3.8) is 0 Å². The minimum Gasteiger partial charge on any atom is -0.399 e. The van der Waals surface area contributed by atoms with E-state index >= 15 is 0 Å². The number of nitrogens with two attached hydrogens (primary N) is 1. The highest BCUT2D eigenvalue weighted by Gasteiger charge is 2.22. The van der Waals surface area contributed by atoms with Crippen LogP contribution in [0.4, 0.5) is 5.69 Å². The van der Waals surface area contributed by atoms with E-state index in [4.69, 9.17) is 5.73 Å². The van der Waals surface area contributed by atoms with E-state index in [1.807, 2.05) is 25.2 Å². The van der Waals surface area contributed by atoms with Gasteiger partial charge in [0, 0.05) is 35.9 Å². The van der Waals surface area contributed by atoms with Crippen molar-refractivity contribution in [3.05, 3.63) is 30.0 Å². The zero-order valence-electron chi connectivity index (χ0n) is 11.9. The molecule has 1 amide bonds. The second kappa shape index (κ2) is 4.96. The lowest BCUT2D eigenvalue weighted by Crippen LogP contribution is -2.38. The van der Waals surface area contributed by atoms with E-state index in [-0.39, 0.29) is 11.9 Å². The normalized spacial score (nSPS) is 12.9. The Morgan fingerprint density at radius 3 is 2.63 bits per heavy atom. The number of benzene rings is 1. The van der Waals surface area contributed by atoms with E-state index in [1.54, 1.807) is 11.1 Å². The predicted molar refractivity (Wildman–Crippen MR) is 79.1 cm³/mol. The number of aromatic amines is 1. The van der Waals surface area contributed by atoms with Crippen molar-refractivity contribution in [1.29, 1.82) is 0 Å². The average molecular weight is 259 g/mol. The molecule has 0 fully saturated rings. The zero-order chi connectivity index (χ0) is 14.2. The number of nitrogen functional groups attached to an aromatic ring is 1. The molecule has 3 N–H and O–H groups in total. The van der Waals surface area contributed by atoms with Crippen molar-refractivity contribution in [1.82, 2.24) is 9.88 Å². The number of nitrogens with zero attached hydrogens (tertiary/aromatic N) is 1. The quantitative estimate of drug-likeness (QED) is 0.833. The van der Waals surface area contributed by atoms with E-state index < -0.39 is 0 Å². The maximum absolute atomic E-state index is 12.5. The number of carbonyl (C=O) groups excluding carboxylic acids is 1. The standard InChI is InChI=1S/C15H21N3O/c1-9(2)10(3)18(4)15(19)13-8-17-14-7-11(16)5-6-12(13)14/h5-10,17H,16H2,1-4H3. The van der Waals surface area contributed by atoms with Crippen LogP contribution in [0.3, 0.4) is 0 Å². The first-order valence-electron chi connectivity index (χ1n) is 6.55. The van der Waals surface area contributed by atoms with Gasteiger partial charge in [0.05, 0.1) is 5.56 Å². The van der Waals surface area contributed by atoms with Crippen LogP contribution in [-0.4, -0.2) is 28.9 Å². The molecule has 1 atom stereocenters. The second-order valence-corrected chi connectivity index (χ2v) is 5.41. The molecule has 0 aliphatic heterocycles. The van der Waals surface area contributed by atoms with Crippen molar-refractivity contribution in [3.8, 4) is 0 Å². The highest BCUT2D eigenvalue weighted by Crippen LogP contribution is 2.23. The van der Waals surface area contributed by atoms with E-state index in [9.17, 15) is 4.79 Å². The first-order valence-corrected chi connectivity index (χ1v) is 6.55. The second-order valence-electron chi connectivity index (χ2n) is 5.41. The fraction of sp³-hybridized carbons (Fsp3) is 0.400. The molecule has 0 saturated heterocycles. The van der Waals surface area contributed by atoms with Crippen LogP contribution >= 0.6 is 0 Å². The maximum atomic E-state index is 12.5. The number of amides is 1. The SMILES string of the molecule is CC(C)C(C)N(C)C(=O)c1c[nH]c2cc(N)ccc12. The lowest BCUT2D eigenvalue weighted by atomic mass is 10.0. The fourth-order valence-electron chi connectivity index (χ4n) is 2.14. The molecule has 4 heteroatoms. The van der Waals surface area contributed by atoms with Crippen LogP contribution in [0.1, 0.15) is 31.1 Å². The highest BCUT2D eigenvalue weighted by molar-refractivity contribution is 6.07. The minimum atomic E-state index is 0.0391. The molecule has 19 heavy (non-hydrogen) atoms. The Morgan fingerprint density at radius 1 is 1.32 bits per heavy atom. The molecule has 2 aromatic rings. The lowest BCUT2D eigenvalue weighted by molar-refractivity contribution is 0.0709. The Labute approximate surface area is 113 Å². The van der Waals surface area contributed by atoms with Gasteiger partial charge >= 0.3 is 0 Å². The summed E-state index contributed by atoms with van der Waals surface area (Å²) in [5, 5.41) is 0.919. The summed E-state index contributed by atoms with van der Waals surface area (Å²) in [4.78, 5) is 17.4. The van der Waals surface area contributed by atoms with E-state index in [0.717, 1.165) is 10.9 Å². The molecular formula is C15H21N3O. The molecule has 1 aromatic carbocycles. The Kier molecular flexibility index (Phi) is 3.51. The van der Waals surface area contributed by atoms with Crippen molar-refractivity contribution < 1.29 is 4.79 Å². The molecule has 0 bridgehead atoms. The van der Waals surface area contributed by atoms with Gasteiger partial charge in [-0.2, -0.15) is 0 Å². The van der Waals surface area contributed by atoms with Crippen LogP contribution in [0.25, 0.3) is 10.9 Å². The molecule has 2 rings (SSSR count). The van der Waals surface area contributed by atoms with Gasteiger partial charge in [-0.3, -0.25) is 4.79 Å². The van der Waals surface area contributed by atoms with Crippen LogP contribution in [0, 0.1) is 5.92 Å². The molecule has 1 heterocycles. The number of rotatable bonds is 3. The molecular weight excluding hydrogens is 238 g/mol. The molecule has 102 valence electrons. The van der Waals surface area contributed by atoms with Gasteiger partial charge in [0.15, 0.2) is 0 Å². The molecule has 1 unspecified atom stereocenters. The summed E-state index contributed by atoms with van der Waals surface area (Å²) in [7, 11) is 1.85. The van der Waals surface area contributed by atoms with Crippen LogP contribution in [0.2, 0.25) is 0 Å². The van der Waals surface area contributed by atoms with Gasteiger partial charge in [0.1, 0.15) is 0 Å². The summed E-state index contributed by atoms with van der Waals surface area (Å²) in [6.07, 6.45) is 1.76. The number of nitrogens with one attached hydrogen (secondary N) is 1. The first-order chi connectivity index (χ1) is 8.91. The molecule has 0 aliphatic carbocycles. The van der Waals surface area contributed by atoms with Gasteiger partial charge in [0.25, 0.3) is 5.91 Å². The van der Waals surface area contributed by atoms with Crippen LogP contribution in [-0.2, 0) is 0 Å². The third-order valence-corrected chi connectivity index (χ3v) is 3.83. The molecule has 1 aromatic heterocycles. The van der Waals surface area contributed by atoms with Crippen LogP contribution < -0.4 is 5.73 Å². The topological polar surface area (TPSA) is 62.1 Å². The Hall–Kier alpha value is -1.97. The molecule has 0 spiro atoms. The van der Waals surface area contributed by atoms with Crippen molar-refractivity contribution in [2.24, 2.45) is 5.92 Å². The number of hydrogen-bond acceptors (Lipinski definition) is 2. The van der Waals surface area contributed by atoms with Crippen LogP contribution in [0.5, 0.6) is 0 Å². The summed E-state index contributed by atoms with van der Waals surface area (Å²) < 4.78 is 0. The molecule has 0 saturated carbocycles. The van der Waals surface area contributed by atoms with Crippen molar-refractivity contribution in [2.45, 2.75) is 26.8 Å². The summed E-state index contributed by atoms with van der Waals surface area (Å²) in [6, 6.07) is 5.75. The predicted octanol–water partition coefficient (Wildman–Crippen LogP) is 2.87. The smallest absolute Gasteiger partial charge is 0.256 e. The van der Waals surface area contributed by atoms with E-state index in [1.165, 1.54) is 0 Å². The summed E-state index contributed by atoms with van der Waals surface area (Å²) in [5.74, 6) is 0.465. The fourth-order valence-corrected chi connectivity index (χ4v) is 2.14. The minimum absolute atomic E-state index is 0.0391.